The zero-order chi connectivity index (χ0) is 15.5. The molecule has 1 unspecified atom stereocenters. The van der Waals surface area contributed by atoms with E-state index in [-0.39, 0.29) is 17.5 Å². The van der Waals surface area contributed by atoms with E-state index in [4.69, 9.17) is 5.11 Å². The van der Waals surface area contributed by atoms with Crippen molar-refractivity contribution in [1.29, 1.82) is 0 Å². The van der Waals surface area contributed by atoms with Crippen LogP contribution < -0.4 is 4.72 Å². The second kappa shape index (κ2) is 6.56. The van der Waals surface area contributed by atoms with Crippen LogP contribution in [0.1, 0.15) is 31.7 Å². The third-order valence-electron chi connectivity index (χ3n) is 3.27. The van der Waals surface area contributed by atoms with E-state index in [0.717, 1.165) is 25.3 Å². The highest BCUT2D eigenvalue weighted by molar-refractivity contribution is 7.89. The van der Waals surface area contributed by atoms with Gasteiger partial charge in [0.25, 0.3) is 0 Å². The van der Waals surface area contributed by atoms with E-state index in [2.05, 4.69) is 16.6 Å². The van der Waals surface area contributed by atoms with E-state index in [9.17, 15) is 12.8 Å². The van der Waals surface area contributed by atoms with E-state index in [0.29, 0.717) is 11.5 Å². The number of hydrogen-bond donors (Lipinski definition) is 2. The van der Waals surface area contributed by atoms with Gasteiger partial charge in [-0.05, 0) is 37.5 Å². The molecular formula is C15H18FNO3S. The Balaban J connectivity index is 2.15. The standard InChI is InChI=1S/C15H18FNO3S/c1-11(9-13-4-5-13)17-21(19,20)15-7-6-12(3-2-8-18)10-14(15)16/h6-7,10-11,13,17-18H,4-5,8-9H2,1H3. The number of benzene rings is 1. The Morgan fingerprint density at radius 2 is 2.19 bits per heavy atom. The van der Waals surface area contributed by atoms with Crippen LogP contribution in [0.4, 0.5) is 4.39 Å². The van der Waals surface area contributed by atoms with E-state index in [1.807, 2.05) is 0 Å². The summed E-state index contributed by atoms with van der Waals surface area (Å²) in [6.45, 7) is 1.46. The highest BCUT2D eigenvalue weighted by atomic mass is 32.2. The predicted octanol–water partition coefficient (Wildman–Crippen LogP) is 1.64. The molecule has 0 spiro atoms. The van der Waals surface area contributed by atoms with Crippen LogP contribution in [0.25, 0.3) is 0 Å². The van der Waals surface area contributed by atoms with Crippen molar-refractivity contribution in [3.05, 3.63) is 29.6 Å². The molecule has 6 heteroatoms. The van der Waals surface area contributed by atoms with Crippen molar-refractivity contribution in [3.63, 3.8) is 0 Å². The van der Waals surface area contributed by atoms with Gasteiger partial charge >= 0.3 is 0 Å². The van der Waals surface area contributed by atoms with Crippen molar-refractivity contribution in [1.82, 2.24) is 4.72 Å². The van der Waals surface area contributed by atoms with Crippen molar-refractivity contribution in [2.75, 3.05) is 6.61 Å². The van der Waals surface area contributed by atoms with Gasteiger partial charge in [0, 0.05) is 11.6 Å². The average Bonchev–Trinajstić information content (AvgIpc) is 3.19. The predicted molar refractivity (Wildman–Crippen MR) is 77.5 cm³/mol. The molecule has 0 heterocycles. The van der Waals surface area contributed by atoms with Gasteiger partial charge in [-0.25, -0.2) is 17.5 Å². The second-order valence-corrected chi connectivity index (χ2v) is 6.99. The molecule has 0 amide bonds. The third-order valence-corrected chi connectivity index (χ3v) is 4.90. The Kier molecular flexibility index (Phi) is 4.99. The maximum Gasteiger partial charge on any atom is 0.243 e. The van der Waals surface area contributed by atoms with E-state index < -0.39 is 15.8 Å². The first-order valence-corrected chi connectivity index (χ1v) is 8.32. The molecule has 1 aromatic rings. The third kappa shape index (κ3) is 4.53. The van der Waals surface area contributed by atoms with Crippen molar-refractivity contribution in [3.8, 4) is 11.8 Å². The highest BCUT2D eigenvalue weighted by Crippen LogP contribution is 2.33. The summed E-state index contributed by atoms with van der Waals surface area (Å²) in [5.74, 6) is 4.66. The number of sulfonamides is 1. The molecule has 0 aliphatic heterocycles. The molecule has 1 aliphatic carbocycles. The van der Waals surface area contributed by atoms with Crippen molar-refractivity contribution in [2.24, 2.45) is 5.92 Å². The molecule has 114 valence electrons. The lowest BCUT2D eigenvalue weighted by molar-refractivity contribution is 0.350. The second-order valence-electron chi connectivity index (χ2n) is 5.31. The summed E-state index contributed by atoms with van der Waals surface area (Å²) >= 11 is 0. The first-order valence-electron chi connectivity index (χ1n) is 6.84. The summed E-state index contributed by atoms with van der Waals surface area (Å²) in [6, 6.07) is 3.47. The molecule has 2 N–H and O–H groups in total. The topological polar surface area (TPSA) is 66.4 Å². The molecule has 0 saturated heterocycles. The largest absolute Gasteiger partial charge is 0.384 e. The Bertz CT molecular complexity index is 672. The lowest BCUT2D eigenvalue weighted by Crippen LogP contribution is -2.33. The summed E-state index contributed by atoms with van der Waals surface area (Å²) in [5, 5.41) is 8.58. The fourth-order valence-corrected chi connectivity index (χ4v) is 3.48. The van der Waals surface area contributed by atoms with E-state index in [1.165, 1.54) is 12.1 Å². The van der Waals surface area contributed by atoms with Crippen LogP contribution in [-0.2, 0) is 10.0 Å². The molecule has 1 aliphatic rings. The lowest BCUT2D eigenvalue weighted by atomic mass is 10.2. The maximum atomic E-state index is 13.9. The van der Waals surface area contributed by atoms with Gasteiger partial charge in [-0.3, -0.25) is 0 Å². The number of nitrogens with one attached hydrogen (secondary N) is 1. The molecule has 4 nitrogen and oxygen atoms in total. The van der Waals surface area contributed by atoms with Gasteiger partial charge in [0.1, 0.15) is 17.3 Å². The highest BCUT2D eigenvalue weighted by Gasteiger charge is 2.27. The fraction of sp³-hybridized carbons (Fsp3) is 0.467. The van der Waals surface area contributed by atoms with Crippen molar-refractivity contribution in [2.45, 2.75) is 37.1 Å². The molecule has 2 rings (SSSR count). The van der Waals surface area contributed by atoms with Crippen LogP contribution in [0.3, 0.4) is 0 Å². The first-order chi connectivity index (χ1) is 9.92. The van der Waals surface area contributed by atoms with Gasteiger partial charge < -0.3 is 5.11 Å². The Labute approximate surface area is 124 Å². The molecule has 1 fully saturated rings. The van der Waals surface area contributed by atoms with Crippen LogP contribution >= 0.6 is 0 Å². The molecule has 0 aromatic heterocycles. The molecule has 1 atom stereocenters. The molecule has 0 radical (unpaired) electrons. The lowest BCUT2D eigenvalue weighted by Gasteiger charge is -2.14. The van der Waals surface area contributed by atoms with Gasteiger partial charge in [-0.2, -0.15) is 0 Å². The number of aliphatic hydroxyl groups is 1. The average molecular weight is 311 g/mol. The SMILES string of the molecule is CC(CC1CC1)NS(=O)(=O)c1ccc(C#CCO)cc1F. The minimum Gasteiger partial charge on any atom is -0.384 e. The smallest absolute Gasteiger partial charge is 0.243 e. The zero-order valence-corrected chi connectivity index (χ0v) is 12.6. The Morgan fingerprint density at radius 1 is 1.48 bits per heavy atom. The summed E-state index contributed by atoms with van der Waals surface area (Å²) in [4.78, 5) is -0.375. The Hall–Kier alpha value is -1.42. The van der Waals surface area contributed by atoms with Gasteiger partial charge in [0.15, 0.2) is 0 Å². The van der Waals surface area contributed by atoms with E-state index >= 15 is 0 Å². The van der Waals surface area contributed by atoms with Crippen LogP contribution in [0, 0.1) is 23.6 Å². The summed E-state index contributed by atoms with van der Waals surface area (Å²) in [5.41, 5.74) is 0.325. The molecule has 0 bridgehead atoms. The first kappa shape index (κ1) is 16.0. The van der Waals surface area contributed by atoms with Gasteiger partial charge in [0.2, 0.25) is 10.0 Å². The van der Waals surface area contributed by atoms with Crippen LogP contribution in [0.15, 0.2) is 23.1 Å². The van der Waals surface area contributed by atoms with Crippen LogP contribution in [-0.4, -0.2) is 26.2 Å². The van der Waals surface area contributed by atoms with E-state index in [1.54, 1.807) is 6.92 Å². The Morgan fingerprint density at radius 3 is 2.76 bits per heavy atom. The quantitative estimate of drug-likeness (QED) is 0.812. The minimum absolute atomic E-state index is 0.212. The molecule has 1 aromatic carbocycles. The van der Waals surface area contributed by atoms with Crippen LogP contribution in [0.5, 0.6) is 0 Å². The summed E-state index contributed by atoms with van der Waals surface area (Å²) in [6.07, 6.45) is 3.05. The minimum atomic E-state index is -3.87. The van der Waals surface area contributed by atoms with Crippen molar-refractivity contribution >= 4 is 10.0 Å². The van der Waals surface area contributed by atoms with Gasteiger partial charge in [0.05, 0.1) is 0 Å². The molecule has 21 heavy (non-hydrogen) atoms. The molecular weight excluding hydrogens is 293 g/mol. The van der Waals surface area contributed by atoms with Gasteiger partial charge in [-0.1, -0.05) is 24.7 Å². The fourth-order valence-electron chi connectivity index (χ4n) is 2.17. The number of hydrogen-bond acceptors (Lipinski definition) is 3. The normalized spacial score (nSPS) is 16.1. The van der Waals surface area contributed by atoms with Gasteiger partial charge in [-0.15, -0.1) is 0 Å². The zero-order valence-electron chi connectivity index (χ0n) is 11.8. The van der Waals surface area contributed by atoms with Crippen molar-refractivity contribution < 1.29 is 17.9 Å². The number of halogens is 1. The monoisotopic (exact) mass is 311 g/mol. The molecule has 1 saturated carbocycles. The number of rotatable bonds is 5. The summed E-state index contributed by atoms with van der Waals surface area (Å²) < 4.78 is 40.8. The number of aliphatic hydroxyl groups excluding tert-OH is 1. The maximum absolute atomic E-state index is 13.9. The summed E-state index contributed by atoms with van der Waals surface area (Å²) in [7, 11) is -3.87. The van der Waals surface area contributed by atoms with Crippen LogP contribution in [0.2, 0.25) is 0 Å².